The van der Waals surface area contributed by atoms with E-state index in [-0.39, 0.29) is 5.91 Å². The molecule has 1 amide bonds. The van der Waals surface area contributed by atoms with Gasteiger partial charge in [0.05, 0.1) is 12.1 Å². The Morgan fingerprint density at radius 1 is 1.03 bits per heavy atom. The normalized spacial score (nSPS) is 18.9. The SMILES string of the molecule is Cc1cnc(N2CCN(C(=O)c3ccc(N4CCNS4(=O)=O)nc3)CC2)c(C)c1. The van der Waals surface area contributed by atoms with E-state index in [0.29, 0.717) is 50.6 Å². The van der Waals surface area contributed by atoms with Gasteiger partial charge < -0.3 is 9.80 Å². The molecule has 2 aromatic rings. The summed E-state index contributed by atoms with van der Waals surface area (Å²) in [6, 6.07) is 5.33. The Hall–Kier alpha value is -2.72. The van der Waals surface area contributed by atoms with Gasteiger partial charge in [0.25, 0.3) is 5.91 Å². The molecule has 4 rings (SSSR count). The zero-order valence-corrected chi connectivity index (χ0v) is 17.3. The molecule has 0 saturated carbocycles. The number of rotatable bonds is 3. The number of aromatic nitrogens is 2. The second kappa shape index (κ2) is 7.60. The van der Waals surface area contributed by atoms with E-state index in [9.17, 15) is 13.2 Å². The molecule has 2 aliphatic rings. The van der Waals surface area contributed by atoms with E-state index in [1.165, 1.54) is 10.5 Å². The van der Waals surface area contributed by atoms with E-state index < -0.39 is 10.2 Å². The molecule has 1 N–H and O–H groups in total. The molecule has 4 heterocycles. The lowest BCUT2D eigenvalue weighted by atomic mass is 10.2. The first-order valence-corrected chi connectivity index (χ1v) is 11.0. The summed E-state index contributed by atoms with van der Waals surface area (Å²) in [6.45, 7) is 7.38. The summed E-state index contributed by atoms with van der Waals surface area (Å²) in [6.07, 6.45) is 3.31. The average Bonchev–Trinajstić information content (AvgIpc) is 3.07. The average molecular weight is 417 g/mol. The second-order valence-corrected chi connectivity index (χ2v) is 8.99. The molecule has 0 unspecified atom stereocenters. The topological polar surface area (TPSA) is 98.7 Å². The molecule has 10 heteroatoms. The fraction of sp³-hybridized carbons (Fsp3) is 0.421. The van der Waals surface area contributed by atoms with E-state index in [2.05, 4.69) is 32.6 Å². The van der Waals surface area contributed by atoms with Gasteiger partial charge >= 0.3 is 10.2 Å². The van der Waals surface area contributed by atoms with Crippen LogP contribution in [0.4, 0.5) is 11.6 Å². The summed E-state index contributed by atoms with van der Waals surface area (Å²) in [5, 5.41) is 0. The van der Waals surface area contributed by atoms with Crippen LogP contribution in [0.1, 0.15) is 21.5 Å². The van der Waals surface area contributed by atoms with Crippen molar-refractivity contribution in [2.45, 2.75) is 13.8 Å². The summed E-state index contributed by atoms with van der Waals surface area (Å²) in [5.41, 5.74) is 2.72. The number of nitrogens with one attached hydrogen (secondary N) is 1. The van der Waals surface area contributed by atoms with Crippen LogP contribution in [0.15, 0.2) is 30.6 Å². The zero-order chi connectivity index (χ0) is 20.6. The lowest BCUT2D eigenvalue weighted by molar-refractivity contribution is 0.0746. The van der Waals surface area contributed by atoms with E-state index in [0.717, 1.165) is 16.9 Å². The summed E-state index contributed by atoms with van der Waals surface area (Å²) in [5.74, 6) is 1.19. The predicted molar refractivity (Wildman–Crippen MR) is 110 cm³/mol. The van der Waals surface area contributed by atoms with Crippen LogP contribution in [0.25, 0.3) is 0 Å². The van der Waals surface area contributed by atoms with Gasteiger partial charge in [-0.2, -0.15) is 13.1 Å². The minimum Gasteiger partial charge on any atom is -0.353 e. The molecule has 2 aliphatic heterocycles. The number of piperazine rings is 1. The van der Waals surface area contributed by atoms with Crippen molar-refractivity contribution >= 4 is 27.8 Å². The number of carbonyl (C=O) groups is 1. The summed E-state index contributed by atoms with van der Waals surface area (Å²) < 4.78 is 27.5. The highest BCUT2D eigenvalue weighted by molar-refractivity contribution is 7.91. The number of pyridine rings is 2. The number of anilines is 2. The maximum atomic E-state index is 12.8. The predicted octanol–water partition coefficient (Wildman–Crippen LogP) is 0.710. The Balaban J connectivity index is 1.41. The molecule has 0 spiro atoms. The first-order chi connectivity index (χ1) is 13.8. The zero-order valence-electron chi connectivity index (χ0n) is 16.5. The molecule has 2 aromatic heterocycles. The first kappa shape index (κ1) is 19.6. The fourth-order valence-corrected chi connectivity index (χ4v) is 4.91. The molecule has 0 radical (unpaired) electrons. The van der Waals surface area contributed by atoms with Gasteiger partial charge in [0.2, 0.25) is 0 Å². The third-order valence-corrected chi connectivity index (χ3v) is 6.71. The second-order valence-electron chi connectivity index (χ2n) is 7.31. The van der Waals surface area contributed by atoms with E-state index in [4.69, 9.17) is 0 Å². The maximum absolute atomic E-state index is 12.8. The molecule has 9 nitrogen and oxygen atoms in total. The van der Waals surface area contributed by atoms with Crippen LogP contribution in [0, 0.1) is 13.8 Å². The Bertz CT molecular complexity index is 1020. The van der Waals surface area contributed by atoms with E-state index in [1.54, 1.807) is 17.0 Å². The summed E-state index contributed by atoms with van der Waals surface area (Å²) >= 11 is 0. The monoisotopic (exact) mass is 416 g/mol. The fourth-order valence-electron chi connectivity index (χ4n) is 3.72. The first-order valence-electron chi connectivity index (χ1n) is 9.56. The van der Waals surface area contributed by atoms with Gasteiger partial charge in [0, 0.05) is 45.1 Å². The van der Waals surface area contributed by atoms with Crippen LogP contribution in [-0.2, 0) is 10.2 Å². The number of hydrogen-bond donors (Lipinski definition) is 1. The lowest BCUT2D eigenvalue weighted by Crippen LogP contribution is -2.49. The van der Waals surface area contributed by atoms with Crippen molar-refractivity contribution in [3.8, 4) is 0 Å². The summed E-state index contributed by atoms with van der Waals surface area (Å²) in [7, 11) is -3.52. The molecule has 0 aromatic carbocycles. The largest absolute Gasteiger partial charge is 0.353 e. The number of aryl methyl sites for hydroxylation is 2. The molecule has 2 fully saturated rings. The number of nitrogens with zero attached hydrogens (tertiary/aromatic N) is 5. The van der Waals surface area contributed by atoms with Crippen molar-refractivity contribution in [2.75, 3.05) is 48.5 Å². The Labute approximate surface area is 170 Å². The Morgan fingerprint density at radius 3 is 2.38 bits per heavy atom. The van der Waals surface area contributed by atoms with E-state index in [1.807, 2.05) is 13.1 Å². The molecular formula is C19H24N6O3S. The molecule has 0 bridgehead atoms. The van der Waals surface area contributed by atoms with Gasteiger partial charge in [-0.1, -0.05) is 6.07 Å². The molecule has 0 atom stereocenters. The van der Waals surface area contributed by atoms with Crippen molar-refractivity contribution in [3.63, 3.8) is 0 Å². The minimum absolute atomic E-state index is 0.0975. The van der Waals surface area contributed by atoms with Crippen molar-refractivity contribution in [1.82, 2.24) is 19.6 Å². The van der Waals surface area contributed by atoms with Gasteiger partial charge in [-0.15, -0.1) is 0 Å². The van der Waals surface area contributed by atoms with Gasteiger partial charge in [-0.3, -0.25) is 4.79 Å². The quantitative estimate of drug-likeness (QED) is 0.791. The van der Waals surface area contributed by atoms with Crippen LogP contribution >= 0.6 is 0 Å². The lowest BCUT2D eigenvalue weighted by Gasteiger charge is -2.36. The van der Waals surface area contributed by atoms with Crippen LogP contribution in [0.3, 0.4) is 0 Å². The summed E-state index contributed by atoms with van der Waals surface area (Å²) in [4.78, 5) is 25.6. The van der Waals surface area contributed by atoms with Crippen LogP contribution in [0.5, 0.6) is 0 Å². The Kier molecular flexibility index (Phi) is 5.13. The Morgan fingerprint density at radius 2 is 1.79 bits per heavy atom. The van der Waals surface area contributed by atoms with Crippen molar-refractivity contribution in [1.29, 1.82) is 0 Å². The number of amides is 1. The van der Waals surface area contributed by atoms with Gasteiger partial charge in [0.1, 0.15) is 11.6 Å². The molecule has 154 valence electrons. The number of hydrogen-bond acceptors (Lipinski definition) is 6. The maximum Gasteiger partial charge on any atom is 0.302 e. The van der Waals surface area contributed by atoms with E-state index >= 15 is 0 Å². The molecular weight excluding hydrogens is 392 g/mol. The third kappa shape index (κ3) is 3.90. The van der Waals surface area contributed by atoms with Crippen LogP contribution in [0.2, 0.25) is 0 Å². The smallest absolute Gasteiger partial charge is 0.302 e. The highest BCUT2D eigenvalue weighted by Gasteiger charge is 2.29. The highest BCUT2D eigenvalue weighted by atomic mass is 32.2. The third-order valence-electron chi connectivity index (χ3n) is 5.19. The van der Waals surface area contributed by atoms with Crippen LogP contribution < -0.4 is 13.9 Å². The molecule has 2 saturated heterocycles. The van der Waals surface area contributed by atoms with Crippen molar-refractivity contribution < 1.29 is 13.2 Å². The standard InChI is InChI=1S/C19H24N6O3S/c1-14-11-15(2)18(21-12-14)23-7-9-24(10-8-23)19(26)16-3-4-17(20-13-16)25-6-5-22-29(25,27)28/h3-4,11-13,22H,5-10H2,1-2H3. The van der Waals surface area contributed by atoms with Crippen molar-refractivity contribution in [3.05, 3.63) is 47.3 Å². The number of carbonyl (C=O) groups excluding carboxylic acids is 1. The van der Waals surface area contributed by atoms with Crippen LogP contribution in [-0.4, -0.2) is 68.5 Å². The van der Waals surface area contributed by atoms with Gasteiger partial charge in [0.15, 0.2) is 0 Å². The van der Waals surface area contributed by atoms with Crippen molar-refractivity contribution in [2.24, 2.45) is 0 Å². The highest BCUT2D eigenvalue weighted by Crippen LogP contribution is 2.21. The van der Waals surface area contributed by atoms with Gasteiger partial charge in [-0.25, -0.2) is 14.3 Å². The van der Waals surface area contributed by atoms with Gasteiger partial charge in [-0.05, 0) is 37.1 Å². The molecule has 0 aliphatic carbocycles. The molecule has 29 heavy (non-hydrogen) atoms. The minimum atomic E-state index is -3.52.